The summed E-state index contributed by atoms with van der Waals surface area (Å²) in [5, 5.41) is 0.805. The summed E-state index contributed by atoms with van der Waals surface area (Å²) >= 11 is 6.07. The van der Waals surface area contributed by atoms with Gasteiger partial charge in [0, 0.05) is 24.2 Å². The molecule has 20 heavy (non-hydrogen) atoms. The lowest BCUT2D eigenvalue weighted by atomic mass is 9.82. The van der Waals surface area contributed by atoms with Crippen molar-refractivity contribution in [3.63, 3.8) is 0 Å². The van der Waals surface area contributed by atoms with Gasteiger partial charge in [-0.2, -0.15) is 0 Å². The Hall–Kier alpha value is -0.570. The molecule has 1 aromatic rings. The van der Waals surface area contributed by atoms with Crippen molar-refractivity contribution in [3.8, 4) is 0 Å². The largest absolute Gasteiger partial charge is 0.329 e. The first-order chi connectivity index (χ1) is 9.55. The minimum atomic E-state index is 0.326. The molecule has 2 rings (SSSR count). The molecule has 0 aliphatic carbocycles. The molecule has 1 saturated heterocycles. The van der Waals surface area contributed by atoms with E-state index in [2.05, 4.69) is 31.7 Å². The number of hydrogen-bond donors (Lipinski definition) is 1. The zero-order chi connectivity index (χ0) is 14.8. The van der Waals surface area contributed by atoms with Crippen LogP contribution in [0.1, 0.15) is 50.3 Å². The first-order valence-electron chi connectivity index (χ1n) is 7.75. The fourth-order valence-corrected chi connectivity index (χ4v) is 3.78. The van der Waals surface area contributed by atoms with Crippen molar-refractivity contribution in [2.45, 2.75) is 46.1 Å². The number of rotatable bonds is 5. The molecule has 3 heteroatoms. The van der Waals surface area contributed by atoms with E-state index in [0.29, 0.717) is 18.0 Å². The summed E-state index contributed by atoms with van der Waals surface area (Å²) in [6, 6.07) is 6.50. The Morgan fingerprint density at radius 3 is 2.55 bits per heavy atom. The standard InChI is InChI=1S/C17H27ClN2/c1-4-17(5-2)8-9-20(12-17)16(11-19)15-7-6-14(18)10-13(15)3/h6-7,10,16H,4-5,8-9,11-12,19H2,1-3H3. The van der Waals surface area contributed by atoms with Crippen LogP contribution in [-0.2, 0) is 0 Å². The first-order valence-corrected chi connectivity index (χ1v) is 8.13. The van der Waals surface area contributed by atoms with Crippen molar-refractivity contribution in [1.82, 2.24) is 4.90 Å². The number of nitrogens with two attached hydrogens (primary N) is 1. The number of likely N-dealkylation sites (tertiary alicyclic amines) is 1. The highest BCUT2D eigenvalue weighted by atomic mass is 35.5. The maximum atomic E-state index is 6.09. The molecule has 1 aromatic carbocycles. The second-order valence-electron chi connectivity index (χ2n) is 6.18. The highest BCUT2D eigenvalue weighted by Gasteiger charge is 2.37. The predicted molar refractivity (Wildman–Crippen MR) is 87.2 cm³/mol. The molecule has 0 aromatic heterocycles. The molecule has 112 valence electrons. The summed E-state index contributed by atoms with van der Waals surface area (Å²) in [6.07, 6.45) is 3.82. The molecule has 0 bridgehead atoms. The average molecular weight is 295 g/mol. The van der Waals surface area contributed by atoms with Crippen LogP contribution in [0.3, 0.4) is 0 Å². The van der Waals surface area contributed by atoms with Crippen LogP contribution in [0.15, 0.2) is 18.2 Å². The zero-order valence-electron chi connectivity index (χ0n) is 13.0. The number of benzene rings is 1. The van der Waals surface area contributed by atoms with Crippen LogP contribution >= 0.6 is 11.6 Å². The molecule has 1 heterocycles. The Kier molecular flexibility index (Phi) is 5.11. The van der Waals surface area contributed by atoms with Gasteiger partial charge in [-0.15, -0.1) is 0 Å². The van der Waals surface area contributed by atoms with Gasteiger partial charge in [-0.3, -0.25) is 4.90 Å². The topological polar surface area (TPSA) is 29.3 Å². The van der Waals surface area contributed by atoms with Crippen LogP contribution in [0.25, 0.3) is 0 Å². The lowest BCUT2D eigenvalue weighted by molar-refractivity contribution is 0.197. The fraction of sp³-hybridized carbons (Fsp3) is 0.647. The quantitative estimate of drug-likeness (QED) is 0.883. The van der Waals surface area contributed by atoms with Crippen molar-refractivity contribution in [2.24, 2.45) is 11.1 Å². The minimum absolute atomic E-state index is 0.326. The summed E-state index contributed by atoms with van der Waals surface area (Å²) in [7, 11) is 0. The van der Waals surface area contributed by atoms with Crippen LogP contribution in [-0.4, -0.2) is 24.5 Å². The molecule has 2 nitrogen and oxygen atoms in total. The second-order valence-corrected chi connectivity index (χ2v) is 6.62. The van der Waals surface area contributed by atoms with E-state index in [9.17, 15) is 0 Å². The van der Waals surface area contributed by atoms with Crippen LogP contribution in [0.4, 0.5) is 0 Å². The van der Waals surface area contributed by atoms with E-state index in [1.54, 1.807) is 0 Å². The monoisotopic (exact) mass is 294 g/mol. The smallest absolute Gasteiger partial charge is 0.0473 e. The SMILES string of the molecule is CCC1(CC)CCN(C(CN)c2ccc(Cl)cc2C)C1. The molecule has 0 amide bonds. The van der Waals surface area contributed by atoms with E-state index >= 15 is 0 Å². The molecule has 0 spiro atoms. The Morgan fingerprint density at radius 2 is 2.05 bits per heavy atom. The second kappa shape index (κ2) is 6.46. The van der Waals surface area contributed by atoms with Crippen LogP contribution < -0.4 is 5.73 Å². The molecule has 1 unspecified atom stereocenters. The summed E-state index contributed by atoms with van der Waals surface area (Å²) in [5.74, 6) is 0. The summed E-state index contributed by atoms with van der Waals surface area (Å²) in [6.45, 7) is 9.77. The minimum Gasteiger partial charge on any atom is -0.329 e. The van der Waals surface area contributed by atoms with Crippen LogP contribution in [0.2, 0.25) is 5.02 Å². The third kappa shape index (κ3) is 3.03. The maximum absolute atomic E-state index is 6.09. The predicted octanol–water partition coefficient (Wildman–Crippen LogP) is 4.16. The van der Waals surface area contributed by atoms with Crippen molar-refractivity contribution in [2.75, 3.05) is 19.6 Å². The van der Waals surface area contributed by atoms with E-state index < -0.39 is 0 Å². The lowest BCUT2D eigenvalue weighted by Crippen LogP contribution is -2.34. The molecular formula is C17H27ClN2. The van der Waals surface area contributed by atoms with Crippen molar-refractivity contribution in [3.05, 3.63) is 34.3 Å². The Labute approximate surface area is 128 Å². The molecule has 0 radical (unpaired) electrons. The molecule has 2 N–H and O–H groups in total. The highest BCUT2D eigenvalue weighted by molar-refractivity contribution is 6.30. The third-order valence-electron chi connectivity index (χ3n) is 5.22. The van der Waals surface area contributed by atoms with Gasteiger partial charge < -0.3 is 5.73 Å². The van der Waals surface area contributed by atoms with Gasteiger partial charge in [0.2, 0.25) is 0 Å². The van der Waals surface area contributed by atoms with Gasteiger partial charge in [-0.1, -0.05) is 31.5 Å². The fourth-order valence-electron chi connectivity index (χ4n) is 3.55. The number of halogens is 1. The summed E-state index contributed by atoms with van der Waals surface area (Å²) in [5.41, 5.74) is 9.16. The normalized spacial score (nSPS) is 20.2. The van der Waals surface area contributed by atoms with Crippen molar-refractivity contribution in [1.29, 1.82) is 0 Å². The van der Waals surface area contributed by atoms with Crippen LogP contribution in [0.5, 0.6) is 0 Å². The molecular weight excluding hydrogens is 268 g/mol. The Bertz CT molecular complexity index is 454. The summed E-state index contributed by atoms with van der Waals surface area (Å²) in [4.78, 5) is 2.57. The highest BCUT2D eigenvalue weighted by Crippen LogP contribution is 2.40. The van der Waals surface area contributed by atoms with E-state index in [-0.39, 0.29) is 0 Å². The van der Waals surface area contributed by atoms with E-state index in [1.807, 2.05) is 12.1 Å². The van der Waals surface area contributed by atoms with Gasteiger partial charge in [-0.25, -0.2) is 0 Å². The molecule has 1 aliphatic heterocycles. The first kappa shape index (κ1) is 15.8. The maximum Gasteiger partial charge on any atom is 0.0473 e. The van der Waals surface area contributed by atoms with Crippen molar-refractivity contribution < 1.29 is 0 Å². The number of hydrogen-bond acceptors (Lipinski definition) is 2. The van der Waals surface area contributed by atoms with Gasteiger partial charge >= 0.3 is 0 Å². The van der Waals surface area contributed by atoms with Gasteiger partial charge in [0.25, 0.3) is 0 Å². The summed E-state index contributed by atoms with van der Waals surface area (Å²) < 4.78 is 0. The number of aryl methyl sites for hydroxylation is 1. The lowest BCUT2D eigenvalue weighted by Gasteiger charge is -2.31. The van der Waals surface area contributed by atoms with Gasteiger partial charge in [0.1, 0.15) is 0 Å². The zero-order valence-corrected chi connectivity index (χ0v) is 13.7. The molecule has 1 atom stereocenters. The van der Waals surface area contributed by atoms with Crippen molar-refractivity contribution >= 4 is 11.6 Å². The van der Waals surface area contributed by atoms with Gasteiger partial charge in [0.15, 0.2) is 0 Å². The third-order valence-corrected chi connectivity index (χ3v) is 5.46. The molecule has 1 fully saturated rings. The van der Waals surface area contributed by atoms with E-state index in [0.717, 1.165) is 11.6 Å². The van der Waals surface area contributed by atoms with Gasteiger partial charge in [0.05, 0.1) is 0 Å². The van der Waals surface area contributed by atoms with E-state index in [4.69, 9.17) is 17.3 Å². The van der Waals surface area contributed by atoms with Crippen LogP contribution in [0, 0.1) is 12.3 Å². The van der Waals surface area contributed by atoms with Gasteiger partial charge in [-0.05, 0) is 61.4 Å². The molecule has 0 saturated carbocycles. The van der Waals surface area contributed by atoms with E-state index in [1.165, 1.54) is 36.9 Å². The Morgan fingerprint density at radius 1 is 1.35 bits per heavy atom. The Balaban J connectivity index is 2.21. The number of nitrogens with zero attached hydrogens (tertiary/aromatic N) is 1. The average Bonchev–Trinajstić information content (AvgIpc) is 2.87. The molecule has 1 aliphatic rings.